The molecule has 0 heterocycles. The average Bonchev–Trinajstić information content (AvgIpc) is 2.57. The van der Waals surface area contributed by atoms with Crippen molar-refractivity contribution in [1.82, 2.24) is 0 Å². The first-order valence-electron chi connectivity index (χ1n) is 7.31. The summed E-state index contributed by atoms with van der Waals surface area (Å²) in [6.07, 6.45) is 0. The Bertz CT molecular complexity index is 927. The van der Waals surface area contributed by atoms with Crippen molar-refractivity contribution < 1.29 is 8.78 Å². The number of hydrogen-bond donors (Lipinski definition) is 0. The van der Waals surface area contributed by atoms with Crippen LogP contribution in [0.25, 0.3) is 22.3 Å². The Morgan fingerprint density at radius 2 is 1.42 bits per heavy atom. The average molecular weight is 337 g/mol. The molecular weight excluding hydrogens is 324 g/mol. The van der Waals surface area contributed by atoms with E-state index in [4.69, 9.17) is 5.26 Å². The van der Waals surface area contributed by atoms with Gasteiger partial charge in [0.15, 0.2) is 0 Å². The molecule has 0 saturated carbocycles. The fourth-order valence-electron chi connectivity index (χ4n) is 2.48. The maximum absolute atomic E-state index is 14.5. The maximum atomic E-state index is 14.5. The van der Waals surface area contributed by atoms with Crippen LogP contribution in [0.1, 0.15) is 5.56 Å². The smallest absolute Gasteiger partial charge is 0.138 e. The van der Waals surface area contributed by atoms with Gasteiger partial charge in [0.2, 0.25) is 0 Å². The molecule has 24 heavy (non-hydrogen) atoms. The Balaban J connectivity index is 1.97. The molecule has 0 aliphatic rings. The summed E-state index contributed by atoms with van der Waals surface area (Å²) < 4.78 is 28.4. The first-order chi connectivity index (χ1) is 11.6. The third-order valence-electron chi connectivity index (χ3n) is 3.75. The Labute approximate surface area is 143 Å². The molecule has 0 aliphatic heterocycles. The highest BCUT2D eigenvalue weighted by atomic mass is 32.2. The number of rotatable bonds is 3. The van der Waals surface area contributed by atoms with Crippen molar-refractivity contribution in [2.24, 2.45) is 0 Å². The number of hydrogen-bond acceptors (Lipinski definition) is 2. The Hall–Kier alpha value is -2.64. The SMILES string of the molecule is Cc1ccc(-c2ccc(-c3ccc(SC#N)c(F)c3)c(F)c2)cc1. The van der Waals surface area contributed by atoms with E-state index in [1.54, 1.807) is 12.1 Å². The molecule has 0 fully saturated rings. The summed E-state index contributed by atoms with van der Waals surface area (Å²) in [5.41, 5.74) is 3.62. The quantitative estimate of drug-likeness (QED) is 0.421. The van der Waals surface area contributed by atoms with E-state index in [0.717, 1.165) is 28.5 Å². The van der Waals surface area contributed by atoms with Crippen molar-refractivity contribution in [2.45, 2.75) is 11.8 Å². The predicted octanol–water partition coefficient (Wildman–Crippen LogP) is 6.18. The number of benzene rings is 3. The van der Waals surface area contributed by atoms with Gasteiger partial charge in [-0.3, -0.25) is 0 Å². The molecule has 3 rings (SSSR count). The second-order valence-corrected chi connectivity index (χ2v) is 6.23. The molecule has 0 N–H and O–H groups in total. The van der Waals surface area contributed by atoms with Crippen molar-refractivity contribution in [1.29, 1.82) is 5.26 Å². The molecule has 3 aromatic rings. The Morgan fingerprint density at radius 1 is 0.792 bits per heavy atom. The van der Waals surface area contributed by atoms with Gasteiger partial charge in [-0.2, -0.15) is 5.26 Å². The first kappa shape index (κ1) is 16.2. The lowest BCUT2D eigenvalue weighted by Crippen LogP contribution is -1.89. The topological polar surface area (TPSA) is 23.8 Å². The Kier molecular flexibility index (Phi) is 4.64. The molecule has 0 atom stereocenters. The molecule has 118 valence electrons. The lowest BCUT2D eigenvalue weighted by atomic mass is 9.99. The van der Waals surface area contributed by atoms with Gasteiger partial charge in [-0.05, 0) is 53.6 Å². The van der Waals surface area contributed by atoms with Gasteiger partial charge in [0.25, 0.3) is 0 Å². The third-order valence-corrected chi connectivity index (χ3v) is 4.39. The van der Waals surface area contributed by atoms with Gasteiger partial charge >= 0.3 is 0 Å². The summed E-state index contributed by atoms with van der Waals surface area (Å²) in [4.78, 5) is 0.234. The molecular formula is C20H13F2NS. The van der Waals surface area contributed by atoms with Crippen LogP contribution < -0.4 is 0 Å². The fourth-order valence-corrected chi connectivity index (χ4v) is 2.87. The van der Waals surface area contributed by atoms with E-state index in [1.807, 2.05) is 42.7 Å². The molecule has 0 amide bonds. The summed E-state index contributed by atoms with van der Waals surface area (Å²) in [6, 6.07) is 17.1. The monoisotopic (exact) mass is 337 g/mol. The van der Waals surface area contributed by atoms with Crippen LogP contribution in [-0.2, 0) is 0 Å². The molecule has 1 nitrogen and oxygen atoms in total. The second-order valence-electron chi connectivity index (χ2n) is 5.40. The zero-order chi connectivity index (χ0) is 17.1. The van der Waals surface area contributed by atoms with Crippen LogP contribution in [0.5, 0.6) is 0 Å². The molecule has 4 heteroatoms. The minimum atomic E-state index is -0.527. The van der Waals surface area contributed by atoms with Crippen LogP contribution in [0, 0.1) is 29.2 Å². The van der Waals surface area contributed by atoms with Gasteiger partial charge in [-0.1, -0.05) is 48.0 Å². The number of thioether (sulfide) groups is 1. The number of halogens is 2. The molecule has 0 aliphatic carbocycles. The van der Waals surface area contributed by atoms with Gasteiger partial charge in [-0.15, -0.1) is 0 Å². The van der Waals surface area contributed by atoms with Crippen LogP contribution >= 0.6 is 11.8 Å². The van der Waals surface area contributed by atoms with Crippen LogP contribution in [-0.4, -0.2) is 0 Å². The van der Waals surface area contributed by atoms with Gasteiger partial charge in [0.05, 0.1) is 4.90 Å². The minimum Gasteiger partial charge on any atom is -0.206 e. The summed E-state index contributed by atoms with van der Waals surface area (Å²) in [6.45, 7) is 2.00. The highest BCUT2D eigenvalue weighted by molar-refractivity contribution is 8.03. The zero-order valence-corrected chi connectivity index (χ0v) is 13.7. The molecule has 0 saturated heterocycles. The molecule has 0 aromatic heterocycles. The van der Waals surface area contributed by atoms with Crippen LogP contribution in [0.2, 0.25) is 0 Å². The number of nitrogens with zero attached hydrogens (tertiary/aromatic N) is 1. The number of thiocyanates is 1. The molecule has 0 bridgehead atoms. The number of aryl methyl sites for hydroxylation is 1. The third kappa shape index (κ3) is 3.32. The maximum Gasteiger partial charge on any atom is 0.138 e. The first-order valence-corrected chi connectivity index (χ1v) is 8.12. The van der Waals surface area contributed by atoms with Crippen LogP contribution in [0.3, 0.4) is 0 Å². The van der Waals surface area contributed by atoms with Gasteiger partial charge in [0, 0.05) is 5.56 Å². The highest BCUT2D eigenvalue weighted by Gasteiger charge is 2.10. The summed E-state index contributed by atoms with van der Waals surface area (Å²) in [7, 11) is 0. The standard InChI is InChI=1S/C20H13F2NS/c1-13-2-4-14(5-3-13)15-6-8-17(18(21)10-15)16-7-9-20(24-12-23)19(22)11-16/h2-11H,1H3. The van der Waals surface area contributed by atoms with Crippen molar-refractivity contribution in [3.63, 3.8) is 0 Å². The minimum absolute atomic E-state index is 0.234. The van der Waals surface area contributed by atoms with E-state index >= 15 is 0 Å². The molecule has 0 radical (unpaired) electrons. The van der Waals surface area contributed by atoms with Crippen LogP contribution in [0.15, 0.2) is 65.6 Å². The summed E-state index contributed by atoms with van der Waals surface area (Å²) >= 11 is 0.748. The van der Waals surface area contributed by atoms with Crippen molar-refractivity contribution in [2.75, 3.05) is 0 Å². The number of nitriles is 1. The van der Waals surface area contributed by atoms with Gasteiger partial charge < -0.3 is 0 Å². The lowest BCUT2D eigenvalue weighted by molar-refractivity contribution is 0.602. The molecule has 0 spiro atoms. The molecule has 0 unspecified atom stereocenters. The predicted molar refractivity (Wildman–Crippen MR) is 93.4 cm³/mol. The van der Waals surface area contributed by atoms with E-state index in [0.29, 0.717) is 11.1 Å². The van der Waals surface area contributed by atoms with E-state index < -0.39 is 11.6 Å². The normalized spacial score (nSPS) is 10.4. The molecule has 3 aromatic carbocycles. The van der Waals surface area contributed by atoms with Crippen molar-refractivity contribution >= 4 is 11.8 Å². The Morgan fingerprint density at radius 3 is 2.04 bits per heavy atom. The summed E-state index contributed by atoms with van der Waals surface area (Å²) in [5, 5.41) is 10.4. The van der Waals surface area contributed by atoms with Gasteiger partial charge in [-0.25, -0.2) is 8.78 Å². The largest absolute Gasteiger partial charge is 0.206 e. The second kappa shape index (κ2) is 6.86. The fraction of sp³-hybridized carbons (Fsp3) is 0.0500. The van der Waals surface area contributed by atoms with E-state index in [2.05, 4.69) is 0 Å². The highest BCUT2D eigenvalue weighted by Crippen LogP contribution is 2.31. The summed E-state index contributed by atoms with van der Waals surface area (Å²) in [5.74, 6) is -0.936. The van der Waals surface area contributed by atoms with E-state index in [-0.39, 0.29) is 4.90 Å². The lowest BCUT2D eigenvalue weighted by Gasteiger charge is -2.08. The van der Waals surface area contributed by atoms with E-state index in [9.17, 15) is 8.78 Å². The van der Waals surface area contributed by atoms with Crippen molar-refractivity contribution in [3.05, 3.63) is 77.9 Å². The zero-order valence-electron chi connectivity index (χ0n) is 12.9. The van der Waals surface area contributed by atoms with Gasteiger partial charge in [0.1, 0.15) is 17.0 Å². The van der Waals surface area contributed by atoms with Crippen molar-refractivity contribution in [3.8, 4) is 27.7 Å². The van der Waals surface area contributed by atoms with Crippen LogP contribution in [0.4, 0.5) is 8.78 Å². The van der Waals surface area contributed by atoms with E-state index in [1.165, 1.54) is 18.2 Å².